The number of aliphatic carboxylic acids is 2. The number of carboxylic acid groups (broad SMARTS) is 2. The van der Waals surface area contributed by atoms with Gasteiger partial charge in [0.25, 0.3) is 0 Å². The number of rotatable bonds is 3. The van der Waals surface area contributed by atoms with Gasteiger partial charge in [-0.15, -0.1) is 0 Å². The van der Waals surface area contributed by atoms with Gasteiger partial charge in [-0.05, 0) is 0 Å². The molecule has 10 heavy (non-hydrogen) atoms. The maximum absolute atomic E-state index is 9.64. The molecule has 0 aliphatic rings. The van der Waals surface area contributed by atoms with Crippen LogP contribution >= 0.6 is 0 Å². The van der Waals surface area contributed by atoms with E-state index >= 15 is 0 Å². The van der Waals surface area contributed by atoms with Gasteiger partial charge in [-0.25, -0.2) is 0 Å². The van der Waals surface area contributed by atoms with Crippen LogP contribution in [0.4, 0.5) is 0 Å². The lowest BCUT2D eigenvalue weighted by Gasteiger charge is -1.85. The van der Waals surface area contributed by atoms with Crippen molar-refractivity contribution < 1.29 is 30.8 Å². The minimum absolute atomic E-state index is 0. The van der Waals surface area contributed by atoms with Crippen molar-refractivity contribution >= 4 is 11.9 Å². The molecule has 6 nitrogen and oxygen atoms in total. The van der Waals surface area contributed by atoms with Gasteiger partial charge < -0.3 is 21.2 Å². The van der Waals surface area contributed by atoms with Crippen molar-refractivity contribution in [1.82, 2.24) is 0 Å². The van der Waals surface area contributed by atoms with Crippen LogP contribution in [-0.2, 0) is 9.59 Å². The van der Waals surface area contributed by atoms with Crippen LogP contribution in [0.15, 0.2) is 0 Å². The lowest BCUT2D eigenvalue weighted by molar-refractivity contribution is -0.143. The summed E-state index contributed by atoms with van der Waals surface area (Å²) < 4.78 is 0. The third-order valence-electron chi connectivity index (χ3n) is 0.553. The maximum Gasteiger partial charge on any atom is 0.303 e. The summed E-state index contributed by atoms with van der Waals surface area (Å²) in [4.78, 5) is 19.3. The second kappa shape index (κ2) is 7.86. The Labute approximate surface area is 56.7 Å². The smallest absolute Gasteiger partial charge is 0.303 e. The van der Waals surface area contributed by atoms with Crippen LogP contribution in [0.3, 0.4) is 0 Å². The van der Waals surface area contributed by atoms with Crippen LogP contribution in [-0.4, -0.2) is 33.1 Å². The van der Waals surface area contributed by atoms with Crippen molar-refractivity contribution in [2.45, 2.75) is 12.8 Å². The first-order valence-electron chi connectivity index (χ1n) is 2.06. The molecule has 0 saturated carbocycles. The van der Waals surface area contributed by atoms with Crippen LogP contribution in [0.5, 0.6) is 0 Å². The summed E-state index contributed by atoms with van der Waals surface area (Å²) in [7, 11) is 0. The van der Waals surface area contributed by atoms with E-state index in [9.17, 15) is 9.59 Å². The first-order valence-corrected chi connectivity index (χ1v) is 2.06. The molecule has 0 heterocycles. The monoisotopic (exact) mass is 154 g/mol. The predicted molar refractivity (Wildman–Crippen MR) is 31.7 cm³/mol. The normalized spacial score (nSPS) is 6.80. The molecule has 0 aromatic heterocycles. The topological polar surface area (TPSA) is 138 Å². The number of carboxylic acids is 2. The van der Waals surface area contributed by atoms with Gasteiger partial charge >= 0.3 is 11.9 Å². The second-order valence-electron chi connectivity index (χ2n) is 1.29. The van der Waals surface area contributed by atoms with E-state index in [1.165, 1.54) is 0 Å². The quantitative estimate of drug-likeness (QED) is 0.499. The van der Waals surface area contributed by atoms with Crippen molar-refractivity contribution in [3.8, 4) is 0 Å². The minimum Gasteiger partial charge on any atom is -0.481 e. The maximum atomic E-state index is 9.64. The van der Waals surface area contributed by atoms with Crippen LogP contribution in [0, 0.1) is 0 Å². The van der Waals surface area contributed by atoms with E-state index in [0.29, 0.717) is 0 Å². The summed E-state index contributed by atoms with van der Waals surface area (Å²) in [6.45, 7) is 0. The Morgan fingerprint density at radius 1 is 0.900 bits per heavy atom. The summed E-state index contributed by atoms with van der Waals surface area (Å²) in [6.07, 6.45) is -0.593. The Morgan fingerprint density at radius 3 is 1.20 bits per heavy atom. The molecule has 0 spiro atoms. The van der Waals surface area contributed by atoms with Crippen LogP contribution < -0.4 is 0 Å². The Hall–Kier alpha value is -1.14. The molecule has 0 fully saturated rings. The Balaban J connectivity index is -0.000000245. The van der Waals surface area contributed by atoms with Gasteiger partial charge in [-0.2, -0.15) is 0 Å². The summed E-state index contributed by atoms with van der Waals surface area (Å²) in [5.74, 6) is -2.15. The van der Waals surface area contributed by atoms with Gasteiger partial charge in [-0.3, -0.25) is 9.59 Å². The van der Waals surface area contributed by atoms with Crippen molar-refractivity contribution in [3.63, 3.8) is 0 Å². The van der Waals surface area contributed by atoms with Gasteiger partial charge in [0, 0.05) is 0 Å². The van der Waals surface area contributed by atoms with Gasteiger partial charge in [0.2, 0.25) is 0 Å². The highest BCUT2D eigenvalue weighted by atomic mass is 16.4. The highest BCUT2D eigenvalue weighted by molar-refractivity contribution is 5.75. The standard InChI is InChI=1S/C4H6O4.2H2O/c5-3(6)1-2-4(7)8;;/h1-2H2,(H,5,6)(H,7,8);2*1H2. The summed E-state index contributed by atoms with van der Waals surface area (Å²) in [5.41, 5.74) is 0. The second-order valence-corrected chi connectivity index (χ2v) is 1.29. The third kappa shape index (κ3) is 15.8. The highest BCUT2D eigenvalue weighted by Crippen LogP contribution is 1.85. The molecule has 6 N–H and O–H groups in total. The Kier molecular flexibility index (Phi) is 12.5. The van der Waals surface area contributed by atoms with Gasteiger partial charge in [0.1, 0.15) is 0 Å². The molecule has 0 aromatic rings. The summed E-state index contributed by atoms with van der Waals surface area (Å²) in [5, 5.41) is 15.8. The average Bonchev–Trinajstić information content (AvgIpc) is 1.61. The Bertz CT molecular complexity index is 94.3. The zero-order chi connectivity index (χ0) is 6.57. The van der Waals surface area contributed by atoms with Crippen LogP contribution in [0.2, 0.25) is 0 Å². The van der Waals surface area contributed by atoms with E-state index in [4.69, 9.17) is 10.2 Å². The Morgan fingerprint density at radius 2 is 1.10 bits per heavy atom. The molecule has 0 radical (unpaired) electrons. The molecule has 0 rings (SSSR count). The SMILES string of the molecule is O.O.O=C(O)CCC(=O)O. The molecule has 0 aliphatic heterocycles. The molecule has 0 aliphatic carbocycles. The molecule has 62 valence electrons. The molecular weight excluding hydrogens is 144 g/mol. The first-order chi connectivity index (χ1) is 3.63. The van der Waals surface area contributed by atoms with Crippen molar-refractivity contribution in [1.29, 1.82) is 0 Å². The summed E-state index contributed by atoms with van der Waals surface area (Å²) in [6, 6.07) is 0. The van der Waals surface area contributed by atoms with Gasteiger partial charge in [0.15, 0.2) is 0 Å². The molecule has 0 saturated heterocycles. The van der Waals surface area contributed by atoms with Crippen LogP contribution in [0.1, 0.15) is 12.8 Å². The largest absolute Gasteiger partial charge is 0.481 e. The van der Waals surface area contributed by atoms with E-state index in [1.54, 1.807) is 0 Å². The molecule has 0 aromatic carbocycles. The molecule has 6 heteroatoms. The van der Waals surface area contributed by atoms with Gasteiger partial charge in [0.05, 0.1) is 12.8 Å². The number of hydrogen-bond donors (Lipinski definition) is 2. The van der Waals surface area contributed by atoms with E-state index in [-0.39, 0.29) is 23.8 Å². The van der Waals surface area contributed by atoms with E-state index < -0.39 is 11.9 Å². The highest BCUT2D eigenvalue weighted by Gasteiger charge is 2.00. The van der Waals surface area contributed by atoms with E-state index in [0.717, 1.165) is 0 Å². The zero-order valence-electron chi connectivity index (χ0n) is 5.13. The lowest BCUT2D eigenvalue weighted by Crippen LogP contribution is -2.00. The summed E-state index contributed by atoms with van der Waals surface area (Å²) >= 11 is 0. The molecule has 0 atom stereocenters. The van der Waals surface area contributed by atoms with Crippen LogP contribution in [0.25, 0.3) is 0 Å². The molecule has 0 bridgehead atoms. The third-order valence-corrected chi connectivity index (χ3v) is 0.553. The fourth-order valence-corrected chi connectivity index (χ4v) is 0.214. The fraction of sp³-hybridized carbons (Fsp3) is 0.500. The number of hydrogen-bond acceptors (Lipinski definition) is 2. The average molecular weight is 154 g/mol. The van der Waals surface area contributed by atoms with Crippen molar-refractivity contribution in [3.05, 3.63) is 0 Å². The van der Waals surface area contributed by atoms with Crippen molar-refractivity contribution in [2.24, 2.45) is 0 Å². The minimum atomic E-state index is -1.08. The molecule has 0 amide bonds. The first kappa shape index (κ1) is 15.9. The van der Waals surface area contributed by atoms with E-state index in [2.05, 4.69) is 0 Å². The predicted octanol–water partition coefficient (Wildman–Crippen LogP) is -1.71. The van der Waals surface area contributed by atoms with E-state index in [1.807, 2.05) is 0 Å². The molecule has 0 unspecified atom stereocenters. The molecular formula is C4H10O6. The fourth-order valence-electron chi connectivity index (χ4n) is 0.214. The zero-order valence-corrected chi connectivity index (χ0v) is 5.13. The lowest BCUT2D eigenvalue weighted by atomic mass is 10.3. The van der Waals surface area contributed by atoms with Crippen molar-refractivity contribution in [2.75, 3.05) is 0 Å². The van der Waals surface area contributed by atoms with Gasteiger partial charge in [-0.1, -0.05) is 0 Å². The number of carbonyl (C=O) groups is 2.